The molecule has 1 fully saturated rings. The van der Waals surface area contributed by atoms with Crippen LogP contribution in [0.3, 0.4) is 0 Å². The van der Waals surface area contributed by atoms with Crippen LogP contribution >= 0.6 is 0 Å². The van der Waals surface area contributed by atoms with Crippen molar-refractivity contribution in [2.45, 2.75) is 50.2 Å². The summed E-state index contributed by atoms with van der Waals surface area (Å²) in [5.41, 5.74) is 6.94. The van der Waals surface area contributed by atoms with E-state index >= 15 is 0 Å². The van der Waals surface area contributed by atoms with Gasteiger partial charge in [-0.2, -0.15) is 0 Å². The first-order chi connectivity index (χ1) is 9.44. The molecule has 0 spiro atoms. The Morgan fingerprint density at radius 2 is 2.25 bits per heavy atom. The van der Waals surface area contributed by atoms with Crippen molar-refractivity contribution < 1.29 is 13.2 Å². The Morgan fingerprint density at radius 3 is 2.85 bits per heavy atom. The summed E-state index contributed by atoms with van der Waals surface area (Å²) in [5, 5.41) is 0. The summed E-state index contributed by atoms with van der Waals surface area (Å²) < 4.78 is 33.3. The molecule has 1 saturated heterocycles. The van der Waals surface area contributed by atoms with Gasteiger partial charge in [-0.25, -0.2) is 13.1 Å². The molecule has 2 unspecified atom stereocenters. The van der Waals surface area contributed by atoms with Crippen molar-refractivity contribution in [3.63, 3.8) is 0 Å². The first-order valence-electron chi connectivity index (χ1n) is 6.96. The Kier molecular flexibility index (Phi) is 4.67. The number of rotatable bonds is 5. The van der Waals surface area contributed by atoms with Gasteiger partial charge in [0.2, 0.25) is 10.0 Å². The second-order valence-electron chi connectivity index (χ2n) is 5.18. The second-order valence-corrected chi connectivity index (χ2v) is 6.86. The van der Waals surface area contributed by atoms with E-state index in [0.717, 1.165) is 18.4 Å². The van der Waals surface area contributed by atoms with Crippen molar-refractivity contribution in [2.24, 2.45) is 0 Å². The van der Waals surface area contributed by atoms with E-state index in [1.807, 2.05) is 13.8 Å². The summed E-state index contributed by atoms with van der Waals surface area (Å²) >= 11 is 0. The van der Waals surface area contributed by atoms with E-state index in [1.165, 1.54) is 6.07 Å². The molecule has 1 heterocycles. The van der Waals surface area contributed by atoms with Crippen molar-refractivity contribution in [1.82, 2.24) is 4.72 Å². The van der Waals surface area contributed by atoms with E-state index in [1.54, 1.807) is 12.1 Å². The molecule has 5 nitrogen and oxygen atoms in total. The molecule has 1 aromatic rings. The average molecular weight is 298 g/mol. The van der Waals surface area contributed by atoms with Gasteiger partial charge in [0.05, 0.1) is 11.0 Å². The van der Waals surface area contributed by atoms with Crippen LogP contribution < -0.4 is 10.5 Å². The summed E-state index contributed by atoms with van der Waals surface area (Å²) in [4.78, 5) is 0.268. The molecular weight excluding hydrogens is 276 g/mol. The minimum absolute atomic E-state index is 0.0455. The predicted octanol–water partition coefficient (Wildman–Crippen LogP) is 1.68. The van der Waals surface area contributed by atoms with E-state index in [2.05, 4.69) is 4.72 Å². The number of nitrogens with one attached hydrogen (secondary N) is 1. The summed E-state index contributed by atoms with van der Waals surface area (Å²) in [6.07, 6.45) is 2.47. The third-order valence-electron chi connectivity index (χ3n) is 3.63. The fourth-order valence-electron chi connectivity index (χ4n) is 2.49. The van der Waals surface area contributed by atoms with E-state index in [4.69, 9.17) is 10.5 Å². The van der Waals surface area contributed by atoms with Gasteiger partial charge in [-0.3, -0.25) is 0 Å². The summed E-state index contributed by atoms with van der Waals surface area (Å²) in [6.45, 7) is 4.47. The number of anilines is 1. The van der Waals surface area contributed by atoms with Gasteiger partial charge in [0.15, 0.2) is 0 Å². The van der Waals surface area contributed by atoms with Crippen LogP contribution in [0.5, 0.6) is 0 Å². The third-order valence-corrected chi connectivity index (χ3v) is 5.27. The van der Waals surface area contributed by atoms with Crippen molar-refractivity contribution in [2.75, 3.05) is 12.3 Å². The molecule has 0 amide bonds. The molecule has 1 aromatic carbocycles. The molecule has 0 radical (unpaired) electrons. The highest BCUT2D eigenvalue weighted by atomic mass is 32.2. The van der Waals surface area contributed by atoms with Crippen LogP contribution in [0.1, 0.15) is 32.3 Å². The fourth-order valence-corrected chi connectivity index (χ4v) is 4.11. The van der Waals surface area contributed by atoms with Gasteiger partial charge in [-0.05, 0) is 43.9 Å². The first kappa shape index (κ1) is 15.3. The second kappa shape index (κ2) is 6.11. The van der Waals surface area contributed by atoms with E-state index in [-0.39, 0.29) is 17.0 Å². The number of ether oxygens (including phenoxy) is 1. The quantitative estimate of drug-likeness (QED) is 0.810. The molecule has 2 atom stereocenters. The Balaban J connectivity index is 2.23. The van der Waals surface area contributed by atoms with Gasteiger partial charge in [0.1, 0.15) is 0 Å². The SMILES string of the molecule is CCc1ccc(N)cc1S(=O)(=O)NC(C)C1CCCO1. The number of aryl methyl sites for hydroxylation is 1. The smallest absolute Gasteiger partial charge is 0.241 e. The Labute approximate surface area is 120 Å². The zero-order valence-corrected chi connectivity index (χ0v) is 12.7. The molecule has 2 rings (SSSR count). The van der Waals surface area contributed by atoms with Crippen LogP contribution in [0.2, 0.25) is 0 Å². The summed E-state index contributed by atoms with van der Waals surface area (Å²) in [5.74, 6) is 0. The highest BCUT2D eigenvalue weighted by Gasteiger charge is 2.28. The van der Waals surface area contributed by atoms with Gasteiger partial charge in [0, 0.05) is 18.3 Å². The molecule has 0 saturated carbocycles. The van der Waals surface area contributed by atoms with Gasteiger partial charge in [0.25, 0.3) is 0 Å². The third kappa shape index (κ3) is 3.31. The zero-order chi connectivity index (χ0) is 14.8. The molecule has 0 aromatic heterocycles. The van der Waals surface area contributed by atoms with Crippen molar-refractivity contribution in [3.05, 3.63) is 23.8 Å². The topological polar surface area (TPSA) is 81.4 Å². The highest BCUT2D eigenvalue weighted by Crippen LogP contribution is 2.22. The first-order valence-corrected chi connectivity index (χ1v) is 8.44. The van der Waals surface area contributed by atoms with Crippen LogP contribution in [0.15, 0.2) is 23.1 Å². The van der Waals surface area contributed by atoms with Crippen LogP contribution in [0.4, 0.5) is 5.69 Å². The van der Waals surface area contributed by atoms with Crippen LogP contribution in [-0.2, 0) is 21.2 Å². The molecule has 1 aliphatic heterocycles. The van der Waals surface area contributed by atoms with Gasteiger partial charge < -0.3 is 10.5 Å². The molecule has 6 heteroatoms. The monoisotopic (exact) mass is 298 g/mol. The fraction of sp³-hybridized carbons (Fsp3) is 0.571. The summed E-state index contributed by atoms with van der Waals surface area (Å²) in [6, 6.07) is 4.76. The standard InChI is InChI=1S/C14H22N2O3S/c1-3-11-6-7-12(15)9-14(11)20(17,18)16-10(2)13-5-4-8-19-13/h6-7,9-10,13,16H,3-5,8,15H2,1-2H3. The molecule has 3 N–H and O–H groups in total. The van der Waals surface area contributed by atoms with Crippen molar-refractivity contribution in [1.29, 1.82) is 0 Å². The number of hydrogen-bond donors (Lipinski definition) is 2. The molecule has 20 heavy (non-hydrogen) atoms. The van der Waals surface area contributed by atoms with Gasteiger partial charge in [-0.1, -0.05) is 13.0 Å². The molecule has 0 aliphatic carbocycles. The maximum absolute atomic E-state index is 12.5. The van der Waals surface area contributed by atoms with Crippen molar-refractivity contribution in [3.8, 4) is 0 Å². The maximum Gasteiger partial charge on any atom is 0.241 e. The lowest BCUT2D eigenvalue weighted by atomic mass is 10.1. The molecule has 0 bridgehead atoms. The van der Waals surface area contributed by atoms with Crippen LogP contribution in [-0.4, -0.2) is 27.2 Å². The number of nitrogen functional groups attached to an aromatic ring is 1. The Hall–Kier alpha value is -1.11. The Bertz CT molecular complexity index is 566. The maximum atomic E-state index is 12.5. The zero-order valence-electron chi connectivity index (χ0n) is 11.9. The van der Waals surface area contributed by atoms with Gasteiger partial charge in [-0.15, -0.1) is 0 Å². The molecule has 1 aliphatic rings. The molecule has 112 valence electrons. The molecular formula is C14H22N2O3S. The number of nitrogens with two attached hydrogens (primary N) is 1. The lowest BCUT2D eigenvalue weighted by molar-refractivity contribution is 0.0902. The minimum atomic E-state index is -3.57. The van der Waals surface area contributed by atoms with Crippen LogP contribution in [0.25, 0.3) is 0 Å². The average Bonchev–Trinajstić information content (AvgIpc) is 2.92. The number of benzene rings is 1. The lowest BCUT2D eigenvalue weighted by Crippen LogP contribution is -2.41. The normalized spacial score (nSPS) is 21.0. The largest absolute Gasteiger partial charge is 0.399 e. The minimum Gasteiger partial charge on any atom is -0.399 e. The van der Waals surface area contributed by atoms with E-state index < -0.39 is 10.0 Å². The van der Waals surface area contributed by atoms with E-state index in [0.29, 0.717) is 18.7 Å². The lowest BCUT2D eigenvalue weighted by Gasteiger charge is -2.21. The Morgan fingerprint density at radius 1 is 1.50 bits per heavy atom. The number of sulfonamides is 1. The number of hydrogen-bond acceptors (Lipinski definition) is 4. The summed E-state index contributed by atoms with van der Waals surface area (Å²) in [7, 11) is -3.57. The van der Waals surface area contributed by atoms with Crippen LogP contribution in [0, 0.1) is 0 Å². The predicted molar refractivity (Wildman–Crippen MR) is 79.0 cm³/mol. The van der Waals surface area contributed by atoms with Crippen molar-refractivity contribution >= 4 is 15.7 Å². The van der Waals surface area contributed by atoms with Gasteiger partial charge >= 0.3 is 0 Å². The van der Waals surface area contributed by atoms with E-state index in [9.17, 15) is 8.42 Å². The highest BCUT2D eigenvalue weighted by molar-refractivity contribution is 7.89.